The van der Waals surface area contributed by atoms with Crippen molar-refractivity contribution in [3.8, 4) is 0 Å². The first-order valence-corrected chi connectivity index (χ1v) is 9.63. The van der Waals surface area contributed by atoms with Crippen LogP contribution in [0.15, 0.2) is 30.3 Å². The molecule has 2 aliphatic rings. The molecule has 28 heavy (non-hydrogen) atoms. The molecule has 0 aliphatic carbocycles. The molecular formula is C21H30O7. The highest BCUT2D eigenvalue weighted by Crippen LogP contribution is 2.40. The predicted octanol–water partition coefficient (Wildman–Crippen LogP) is 1.93. The largest absolute Gasteiger partial charge is 0.390 e. The van der Waals surface area contributed by atoms with Crippen LogP contribution in [0.1, 0.15) is 46.1 Å². The standard InChI is InChI=1S/C21H30O7/c1-20(2,24)11-14(22)10-15(23)16-17(25-12-13-8-6-5-7-9-13)18-19(26-16)28-21(3,4)27-18/h5-9,15-19,23-24H,10-12H2,1-4H3/t15-,16-,17+,18-,19-/m1/s1. The number of ether oxygens (including phenoxy) is 4. The Labute approximate surface area is 165 Å². The van der Waals surface area contributed by atoms with E-state index in [9.17, 15) is 15.0 Å². The Hall–Kier alpha value is -1.35. The van der Waals surface area contributed by atoms with Gasteiger partial charge in [-0.2, -0.15) is 0 Å². The summed E-state index contributed by atoms with van der Waals surface area (Å²) in [6.07, 6.45) is -3.78. The van der Waals surface area contributed by atoms with Crippen molar-refractivity contribution in [1.82, 2.24) is 0 Å². The monoisotopic (exact) mass is 394 g/mol. The van der Waals surface area contributed by atoms with Crippen molar-refractivity contribution in [3.63, 3.8) is 0 Å². The van der Waals surface area contributed by atoms with Crippen LogP contribution in [0.4, 0.5) is 0 Å². The minimum atomic E-state index is -1.12. The molecule has 5 atom stereocenters. The van der Waals surface area contributed by atoms with E-state index in [-0.39, 0.29) is 18.6 Å². The Kier molecular flexibility index (Phi) is 6.24. The second-order valence-corrected chi connectivity index (χ2v) is 8.63. The third-order valence-corrected chi connectivity index (χ3v) is 4.76. The Balaban J connectivity index is 1.68. The van der Waals surface area contributed by atoms with Gasteiger partial charge in [0, 0.05) is 12.8 Å². The molecule has 1 aromatic rings. The fourth-order valence-corrected chi connectivity index (χ4v) is 3.67. The first-order chi connectivity index (χ1) is 13.0. The van der Waals surface area contributed by atoms with Crippen LogP contribution in [0.5, 0.6) is 0 Å². The average Bonchev–Trinajstić information content (AvgIpc) is 3.04. The molecule has 3 rings (SSSR count). The van der Waals surface area contributed by atoms with Gasteiger partial charge in [0.1, 0.15) is 24.1 Å². The number of carbonyl (C=O) groups excluding carboxylic acids is 1. The molecular weight excluding hydrogens is 364 g/mol. The topological polar surface area (TPSA) is 94.5 Å². The van der Waals surface area contributed by atoms with Gasteiger partial charge >= 0.3 is 0 Å². The van der Waals surface area contributed by atoms with Crippen LogP contribution >= 0.6 is 0 Å². The highest BCUT2D eigenvalue weighted by Gasteiger charge is 2.57. The van der Waals surface area contributed by atoms with Crippen LogP contribution in [-0.4, -0.2) is 58.1 Å². The number of carbonyl (C=O) groups is 1. The minimum absolute atomic E-state index is 0.0425. The number of benzene rings is 1. The lowest BCUT2D eigenvalue weighted by molar-refractivity contribution is -0.230. The zero-order chi connectivity index (χ0) is 20.5. The normalized spacial score (nSPS) is 30.2. The summed E-state index contributed by atoms with van der Waals surface area (Å²) in [5.74, 6) is -1.05. The van der Waals surface area contributed by atoms with Crippen molar-refractivity contribution < 1.29 is 34.0 Å². The zero-order valence-electron chi connectivity index (χ0n) is 16.8. The molecule has 0 bridgehead atoms. The van der Waals surface area contributed by atoms with E-state index >= 15 is 0 Å². The maximum atomic E-state index is 12.2. The first kappa shape index (κ1) is 21.4. The van der Waals surface area contributed by atoms with E-state index in [4.69, 9.17) is 18.9 Å². The molecule has 156 valence electrons. The second kappa shape index (κ2) is 8.18. The van der Waals surface area contributed by atoms with E-state index in [2.05, 4.69) is 0 Å². The van der Waals surface area contributed by atoms with Crippen LogP contribution in [0.3, 0.4) is 0 Å². The number of aliphatic hydroxyl groups is 2. The lowest BCUT2D eigenvalue weighted by atomic mass is 9.95. The van der Waals surface area contributed by atoms with Gasteiger partial charge in [0.25, 0.3) is 0 Å². The molecule has 2 aliphatic heterocycles. The summed E-state index contributed by atoms with van der Waals surface area (Å²) in [6, 6.07) is 9.66. The molecule has 0 spiro atoms. The van der Waals surface area contributed by atoms with Gasteiger partial charge in [-0.05, 0) is 33.3 Å². The Morgan fingerprint density at radius 3 is 2.57 bits per heavy atom. The van der Waals surface area contributed by atoms with Crippen molar-refractivity contribution in [1.29, 1.82) is 0 Å². The van der Waals surface area contributed by atoms with E-state index in [0.29, 0.717) is 6.61 Å². The summed E-state index contributed by atoms with van der Waals surface area (Å²) < 4.78 is 23.6. The summed E-state index contributed by atoms with van der Waals surface area (Å²) in [5.41, 5.74) is -0.140. The fraction of sp³-hybridized carbons (Fsp3) is 0.667. The van der Waals surface area contributed by atoms with E-state index in [1.807, 2.05) is 30.3 Å². The fourth-order valence-electron chi connectivity index (χ4n) is 3.67. The molecule has 1 aromatic carbocycles. The Bertz CT molecular complexity index is 667. The van der Waals surface area contributed by atoms with E-state index in [0.717, 1.165) is 5.56 Å². The molecule has 0 aromatic heterocycles. The number of Topliss-reactive ketones (excluding diaryl/α,β-unsaturated/α-hetero) is 1. The molecule has 2 fully saturated rings. The predicted molar refractivity (Wildman–Crippen MR) is 100 cm³/mol. The number of rotatable bonds is 8. The highest BCUT2D eigenvalue weighted by atomic mass is 16.8. The van der Waals surface area contributed by atoms with Crippen LogP contribution in [0.2, 0.25) is 0 Å². The molecule has 0 saturated carbocycles. The summed E-state index contributed by atoms with van der Waals surface area (Å²) in [6.45, 7) is 7.03. The van der Waals surface area contributed by atoms with Gasteiger partial charge in [0.15, 0.2) is 12.1 Å². The second-order valence-electron chi connectivity index (χ2n) is 8.63. The lowest BCUT2D eigenvalue weighted by Gasteiger charge is -2.29. The van der Waals surface area contributed by atoms with Crippen LogP contribution in [-0.2, 0) is 30.3 Å². The first-order valence-electron chi connectivity index (χ1n) is 9.63. The maximum Gasteiger partial charge on any atom is 0.190 e. The SMILES string of the molecule is CC(C)(O)CC(=O)C[C@@H](O)[C@H]1O[C@@H]2OC(C)(C)O[C@@H]2[C@H]1OCc1ccccc1. The Morgan fingerprint density at radius 2 is 1.93 bits per heavy atom. The van der Waals surface area contributed by atoms with Gasteiger partial charge in [-0.1, -0.05) is 30.3 Å². The summed E-state index contributed by atoms with van der Waals surface area (Å²) >= 11 is 0. The third kappa shape index (κ3) is 5.37. The number of ketones is 1. The molecule has 0 amide bonds. The number of hydrogen-bond acceptors (Lipinski definition) is 7. The molecule has 2 saturated heterocycles. The van der Waals surface area contributed by atoms with Crippen LogP contribution in [0, 0.1) is 0 Å². The number of hydrogen-bond donors (Lipinski definition) is 2. The molecule has 0 radical (unpaired) electrons. The smallest absolute Gasteiger partial charge is 0.190 e. The van der Waals surface area contributed by atoms with Gasteiger partial charge in [-0.3, -0.25) is 4.79 Å². The maximum absolute atomic E-state index is 12.2. The highest BCUT2D eigenvalue weighted by molar-refractivity contribution is 5.79. The quantitative estimate of drug-likeness (QED) is 0.696. The van der Waals surface area contributed by atoms with Crippen LogP contribution < -0.4 is 0 Å². The van der Waals surface area contributed by atoms with Gasteiger partial charge < -0.3 is 29.2 Å². The number of fused-ring (bicyclic) bond motifs is 1. The van der Waals surface area contributed by atoms with Crippen molar-refractivity contribution in [2.45, 2.75) is 89.2 Å². The lowest BCUT2D eigenvalue weighted by Crippen LogP contribution is -2.43. The molecule has 0 unspecified atom stereocenters. The van der Waals surface area contributed by atoms with Gasteiger partial charge in [0.05, 0.1) is 18.3 Å². The third-order valence-electron chi connectivity index (χ3n) is 4.76. The van der Waals surface area contributed by atoms with Gasteiger partial charge in [-0.15, -0.1) is 0 Å². The van der Waals surface area contributed by atoms with Gasteiger partial charge in [-0.25, -0.2) is 0 Å². The average molecular weight is 394 g/mol. The summed E-state index contributed by atoms with van der Waals surface area (Å²) in [7, 11) is 0. The minimum Gasteiger partial charge on any atom is -0.390 e. The van der Waals surface area contributed by atoms with Gasteiger partial charge in [0.2, 0.25) is 0 Å². The molecule has 7 nitrogen and oxygen atoms in total. The van der Waals surface area contributed by atoms with E-state index in [1.165, 1.54) is 0 Å². The van der Waals surface area contributed by atoms with Crippen molar-refractivity contribution in [2.75, 3.05) is 0 Å². The van der Waals surface area contributed by atoms with Crippen molar-refractivity contribution >= 4 is 5.78 Å². The van der Waals surface area contributed by atoms with E-state index < -0.39 is 42.1 Å². The Morgan fingerprint density at radius 1 is 1.25 bits per heavy atom. The van der Waals surface area contributed by atoms with Crippen LogP contribution in [0.25, 0.3) is 0 Å². The van der Waals surface area contributed by atoms with Crippen molar-refractivity contribution in [2.24, 2.45) is 0 Å². The zero-order valence-corrected chi connectivity index (χ0v) is 16.8. The molecule has 2 N–H and O–H groups in total. The van der Waals surface area contributed by atoms with E-state index in [1.54, 1.807) is 27.7 Å². The summed E-state index contributed by atoms with van der Waals surface area (Å²) in [4.78, 5) is 12.2. The number of aliphatic hydroxyl groups excluding tert-OH is 1. The van der Waals surface area contributed by atoms with Crippen molar-refractivity contribution in [3.05, 3.63) is 35.9 Å². The molecule has 2 heterocycles. The molecule has 7 heteroatoms. The summed E-state index contributed by atoms with van der Waals surface area (Å²) in [5, 5.41) is 20.5.